The number of rotatable bonds is 2. The van der Waals surface area contributed by atoms with E-state index < -0.39 is 10.5 Å². The van der Waals surface area contributed by atoms with Crippen LogP contribution in [0.25, 0.3) is 0 Å². The quantitative estimate of drug-likeness (QED) is 0.618. The summed E-state index contributed by atoms with van der Waals surface area (Å²) in [7, 11) is 0. The molecule has 4 nitrogen and oxygen atoms in total. The van der Waals surface area contributed by atoms with Crippen molar-refractivity contribution in [1.29, 1.82) is 0 Å². The second-order valence-electron chi connectivity index (χ2n) is 2.45. The molecule has 0 aliphatic rings. The van der Waals surface area contributed by atoms with Crippen molar-refractivity contribution >= 4 is 73.5 Å². The van der Waals surface area contributed by atoms with Gasteiger partial charge in [-0.2, -0.15) is 0 Å². The largest absolute Gasteiger partial charge is 2.00 e. The molecular weight excluding hydrogens is 272 g/mol. The molecular formula is C9H10CaN2O2S2. The standard InChI is InChI=1S/C8H9NOS.CH3NOS.Ca/c10-8(11)9-6-7-4-2-1-3-5-7;2-1(3)4;/h1-5H,6H2,(H2,9,10,11);(H3,2,3,4);/q;;+2/p-2. The Balaban J connectivity index is 0. The van der Waals surface area contributed by atoms with Crippen LogP contribution in [0.5, 0.6) is 0 Å². The van der Waals surface area contributed by atoms with Gasteiger partial charge < -0.3 is 45.9 Å². The van der Waals surface area contributed by atoms with Gasteiger partial charge in [0.1, 0.15) is 0 Å². The van der Waals surface area contributed by atoms with Crippen LogP contribution in [0.2, 0.25) is 0 Å². The van der Waals surface area contributed by atoms with Crippen molar-refractivity contribution < 1.29 is 9.59 Å². The molecule has 0 saturated heterocycles. The molecule has 1 rings (SSSR count). The number of carbonyl (C=O) groups is 2. The average molecular weight is 282 g/mol. The van der Waals surface area contributed by atoms with Crippen molar-refractivity contribution in [2.24, 2.45) is 5.73 Å². The first-order chi connectivity index (χ1) is 7.02. The fourth-order valence-electron chi connectivity index (χ4n) is 0.770. The van der Waals surface area contributed by atoms with Gasteiger partial charge in [-0.3, -0.25) is 0 Å². The predicted molar refractivity (Wildman–Crippen MR) is 68.7 cm³/mol. The van der Waals surface area contributed by atoms with Gasteiger partial charge in [-0.15, -0.1) is 0 Å². The molecule has 0 aliphatic heterocycles. The summed E-state index contributed by atoms with van der Waals surface area (Å²) < 4.78 is 0. The van der Waals surface area contributed by atoms with Gasteiger partial charge in [0, 0.05) is 6.54 Å². The molecule has 0 atom stereocenters. The third-order valence-electron chi connectivity index (χ3n) is 1.28. The summed E-state index contributed by atoms with van der Waals surface area (Å²) in [6, 6.07) is 9.64. The van der Waals surface area contributed by atoms with Crippen molar-refractivity contribution in [3.8, 4) is 0 Å². The zero-order valence-corrected chi connectivity index (χ0v) is 12.4. The zero-order valence-electron chi connectivity index (χ0n) is 8.51. The van der Waals surface area contributed by atoms with Crippen molar-refractivity contribution in [3.63, 3.8) is 0 Å². The minimum absolute atomic E-state index is 0. The van der Waals surface area contributed by atoms with Crippen molar-refractivity contribution in [1.82, 2.24) is 5.32 Å². The van der Waals surface area contributed by atoms with Crippen LogP contribution in [0.15, 0.2) is 30.3 Å². The monoisotopic (exact) mass is 282 g/mol. The summed E-state index contributed by atoms with van der Waals surface area (Å²) in [5.74, 6) is 0. The first kappa shape index (κ1) is 18.2. The molecule has 0 bridgehead atoms. The molecule has 1 aromatic rings. The van der Waals surface area contributed by atoms with Crippen LogP contribution < -0.4 is 11.1 Å². The number of hydrogen-bond donors (Lipinski definition) is 2. The van der Waals surface area contributed by atoms with E-state index in [9.17, 15) is 4.79 Å². The molecule has 2 amide bonds. The molecule has 0 fully saturated rings. The fraction of sp³-hybridized carbons (Fsp3) is 0.111. The average Bonchev–Trinajstić information content (AvgIpc) is 2.15. The van der Waals surface area contributed by atoms with E-state index in [1.54, 1.807) is 0 Å². The fourth-order valence-corrected chi connectivity index (χ4v) is 0.842. The Hall–Kier alpha value is -0.140. The number of amides is 2. The molecule has 3 N–H and O–H groups in total. The van der Waals surface area contributed by atoms with Gasteiger partial charge in [0.2, 0.25) is 0 Å². The third-order valence-corrected chi connectivity index (χ3v) is 1.42. The number of nitrogens with one attached hydrogen (secondary N) is 1. The number of primary amides is 1. The molecule has 1 aromatic carbocycles. The van der Waals surface area contributed by atoms with E-state index in [4.69, 9.17) is 4.79 Å². The number of carbonyl (C=O) groups excluding carboxylic acids is 2. The van der Waals surface area contributed by atoms with Gasteiger partial charge in [0.15, 0.2) is 0 Å². The van der Waals surface area contributed by atoms with Gasteiger partial charge in [0.05, 0.1) is 10.5 Å². The van der Waals surface area contributed by atoms with E-state index in [-0.39, 0.29) is 37.7 Å². The van der Waals surface area contributed by atoms with Crippen LogP contribution in [0.3, 0.4) is 0 Å². The maximum Gasteiger partial charge on any atom is 2.00 e. The first-order valence-electron chi connectivity index (χ1n) is 3.97. The van der Waals surface area contributed by atoms with Crippen molar-refractivity contribution in [2.75, 3.05) is 0 Å². The van der Waals surface area contributed by atoms with E-state index in [0.29, 0.717) is 6.54 Å². The Morgan fingerprint density at radius 2 is 1.62 bits per heavy atom. The van der Waals surface area contributed by atoms with Crippen LogP contribution in [0.4, 0.5) is 9.59 Å². The van der Waals surface area contributed by atoms with Crippen LogP contribution >= 0.6 is 0 Å². The van der Waals surface area contributed by atoms with Gasteiger partial charge in [-0.05, 0) is 5.56 Å². The molecule has 7 heteroatoms. The van der Waals surface area contributed by atoms with Crippen LogP contribution in [0, 0.1) is 0 Å². The van der Waals surface area contributed by atoms with Crippen LogP contribution in [-0.2, 0) is 31.8 Å². The molecule has 82 valence electrons. The minimum Gasteiger partial charge on any atom is -0.719 e. The molecule has 0 aromatic heterocycles. The number of hydrogen-bond acceptors (Lipinski definition) is 4. The molecule has 16 heavy (non-hydrogen) atoms. The Labute approximate surface area is 135 Å². The molecule has 0 unspecified atom stereocenters. The van der Waals surface area contributed by atoms with Gasteiger partial charge in [-0.1, -0.05) is 30.3 Å². The summed E-state index contributed by atoms with van der Waals surface area (Å²) in [6.07, 6.45) is 0. The van der Waals surface area contributed by atoms with Crippen molar-refractivity contribution in [3.05, 3.63) is 35.9 Å². The minimum atomic E-state index is -0.750. The van der Waals surface area contributed by atoms with Gasteiger partial charge in [0.25, 0.3) is 0 Å². The Morgan fingerprint density at radius 1 is 1.19 bits per heavy atom. The summed E-state index contributed by atoms with van der Waals surface area (Å²) in [4.78, 5) is 19.4. The van der Waals surface area contributed by atoms with Crippen LogP contribution in [0.1, 0.15) is 5.56 Å². The molecule has 0 spiro atoms. The summed E-state index contributed by atoms with van der Waals surface area (Å²) in [6.45, 7) is 0.517. The van der Waals surface area contributed by atoms with Crippen LogP contribution in [-0.4, -0.2) is 48.2 Å². The number of benzene rings is 1. The van der Waals surface area contributed by atoms with E-state index in [1.165, 1.54) is 0 Å². The zero-order chi connectivity index (χ0) is 11.7. The SMILES string of the molecule is NC(=O)[S-].O=C([S-])NCc1ccccc1.[Ca+2]. The second kappa shape index (κ2) is 11.3. The second-order valence-corrected chi connectivity index (χ2v) is 3.22. The molecule has 0 heterocycles. The smallest absolute Gasteiger partial charge is 0.719 e. The molecule has 0 aliphatic carbocycles. The molecule has 0 radical (unpaired) electrons. The summed E-state index contributed by atoms with van der Waals surface area (Å²) >= 11 is 8.09. The predicted octanol–water partition coefficient (Wildman–Crippen LogP) is 0.674. The molecule has 0 saturated carbocycles. The Bertz CT molecular complexity index is 319. The first-order valence-corrected chi connectivity index (χ1v) is 4.79. The third kappa shape index (κ3) is 13.9. The maximum absolute atomic E-state index is 10.3. The van der Waals surface area contributed by atoms with Gasteiger partial charge in [-0.25, -0.2) is 0 Å². The Morgan fingerprint density at radius 3 is 2.00 bits per heavy atom. The Kier molecular flexibility index (Phi) is 12.9. The van der Waals surface area contributed by atoms with E-state index in [2.05, 4.69) is 36.3 Å². The summed E-state index contributed by atoms with van der Waals surface area (Å²) in [5, 5.41) is 1.38. The normalized spacial score (nSPS) is 7.75. The van der Waals surface area contributed by atoms with E-state index in [0.717, 1.165) is 5.56 Å². The number of nitrogens with two attached hydrogens (primary N) is 1. The maximum atomic E-state index is 10.3. The summed E-state index contributed by atoms with van der Waals surface area (Å²) in [5.41, 5.74) is 5.35. The van der Waals surface area contributed by atoms with Gasteiger partial charge >= 0.3 is 37.7 Å². The topological polar surface area (TPSA) is 72.2 Å². The van der Waals surface area contributed by atoms with E-state index >= 15 is 0 Å². The van der Waals surface area contributed by atoms with Crippen molar-refractivity contribution in [2.45, 2.75) is 6.54 Å². The van der Waals surface area contributed by atoms with E-state index in [1.807, 2.05) is 30.3 Å².